The van der Waals surface area contributed by atoms with E-state index in [4.69, 9.17) is 0 Å². The third-order valence-corrected chi connectivity index (χ3v) is 5.00. The summed E-state index contributed by atoms with van der Waals surface area (Å²) in [7, 11) is 0. The van der Waals surface area contributed by atoms with Crippen LogP contribution in [0.1, 0.15) is 37.4 Å². The van der Waals surface area contributed by atoms with E-state index in [1.165, 1.54) is 6.07 Å². The lowest BCUT2D eigenvalue weighted by Gasteiger charge is -2.18. The van der Waals surface area contributed by atoms with Crippen LogP contribution >= 0.6 is 0 Å². The van der Waals surface area contributed by atoms with Crippen LogP contribution in [0.5, 0.6) is 0 Å². The summed E-state index contributed by atoms with van der Waals surface area (Å²) in [5, 5.41) is 9.94. The van der Waals surface area contributed by atoms with E-state index in [-0.39, 0.29) is 23.9 Å². The Bertz CT molecular complexity index is 1170. The van der Waals surface area contributed by atoms with Gasteiger partial charge in [-0.2, -0.15) is 5.10 Å². The van der Waals surface area contributed by atoms with Crippen LogP contribution in [0.4, 0.5) is 11.4 Å². The van der Waals surface area contributed by atoms with Gasteiger partial charge in [0.25, 0.3) is 5.56 Å². The number of benzene rings is 2. The molecular formula is C24H26N4O3. The number of anilines is 2. The molecular weight excluding hydrogens is 392 g/mol. The number of nitrogens with one attached hydrogen (secondary N) is 2. The topological polar surface area (TPSA) is 93.1 Å². The van der Waals surface area contributed by atoms with Crippen molar-refractivity contribution in [2.75, 3.05) is 10.6 Å². The highest BCUT2D eigenvalue weighted by molar-refractivity contribution is 5.94. The van der Waals surface area contributed by atoms with Gasteiger partial charge < -0.3 is 10.6 Å². The fourth-order valence-corrected chi connectivity index (χ4v) is 3.07. The quantitative estimate of drug-likeness (QED) is 0.631. The Kier molecular flexibility index (Phi) is 6.65. The van der Waals surface area contributed by atoms with Gasteiger partial charge in [-0.15, -0.1) is 0 Å². The first-order valence-corrected chi connectivity index (χ1v) is 10.2. The Morgan fingerprint density at radius 1 is 1.00 bits per heavy atom. The number of nitrogens with zero attached hydrogens (tertiary/aromatic N) is 2. The molecule has 7 heteroatoms. The van der Waals surface area contributed by atoms with Crippen molar-refractivity contribution in [1.29, 1.82) is 0 Å². The van der Waals surface area contributed by atoms with Gasteiger partial charge >= 0.3 is 0 Å². The maximum atomic E-state index is 13.0. The zero-order valence-electron chi connectivity index (χ0n) is 18.1. The minimum Gasteiger partial charge on any atom is -0.324 e. The van der Waals surface area contributed by atoms with Crippen molar-refractivity contribution in [3.05, 3.63) is 76.1 Å². The zero-order valence-corrected chi connectivity index (χ0v) is 18.1. The average Bonchev–Trinajstić information content (AvgIpc) is 2.77. The molecule has 1 atom stereocenters. The summed E-state index contributed by atoms with van der Waals surface area (Å²) in [6.45, 7) is 7.15. The molecule has 2 amide bonds. The van der Waals surface area contributed by atoms with E-state index in [0.717, 1.165) is 21.4 Å². The molecule has 160 valence electrons. The van der Waals surface area contributed by atoms with Crippen molar-refractivity contribution in [3.63, 3.8) is 0 Å². The van der Waals surface area contributed by atoms with E-state index < -0.39 is 11.6 Å². The number of hydrogen-bond donors (Lipinski definition) is 2. The Morgan fingerprint density at radius 3 is 2.39 bits per heavy atom. The minimum atomic E-state index is -0.895. The van der Waals surface area contributed by atoms with Crippen molar-refractivity contribution in [2.24, 2.45) is 0 Å². The Hall–Kier alpha value is -3.74. The maximum absolute atomic E-state index is 13.0. The number of aromatic nitrogens is 2. The van der Waals surface area contributed by atoms with E-state index in [0.29, 0.717) is 11.4 Å². The Labute approximate surface area is 181 Å². The molecule has 2 N–H and O–H groups in total. The zero-order chi connectivity index (χ0) is 22.5. The highest BCUT2D eigenvalue weighted by Gasteiger charge is 2.22. The van der Waals surface area contributed by atoms with Gasteiger partial charge in [0.15, 0.2) is 0 Å². The molecule has 0 spiro atoms. The van der Waals surface area contributed by atoms with E-state index in [1.807, 2.05) is 62.4 Å². The van der Waals surface area contributed by atoms with Crippen molar-refractivity contribution in [1.82, 2.24) is 9.78 Å². The second-order valence-corrected chi connectivity index (χ2v) is 7.44. The van der Waals surface area contributed by atoms with Crippen LogP contribution in [0.25, 0.3) is 11.3 Å². The summed E-state index contributed by atoms with van der Waals surface area (Å²) in [5.74, 6) is -0.664. The normalized spacial score (nSPS) is 11.6. The predicted octanol–water partition coefficient (Wildman–Crippen LogP) is 4.08. The number of aryl methyl sites for hydroxylation is 2. The van der Waals surface area contributed by atoms with E-state index in [2.05, 4.69) is 15.7 Å². The number of amides is 2. The van der Waals surface area contributed by atoms with Gasteiger partial charge in [0.05, 0.1) is 5.69 Å². The number of carbonyl (C=O) groups excluding carboxylic acids is 2. The predicted molar refractivity (Wildman–Crippen MR) is 122 cm³/mol. The molecule has 0 fully saturated rings. The maximum Gasteiger partial charge on any atom is 0.291 e. The summed E-state index contributed by atoms with van der Waals surface area (Å²) >= 11 is 0. The molecule has 0 radical (unpaired) electrons. The first-order chi connectivity index (χ1) is 14.8. The summed E-state index contributed by atoms with van der Waals surface area (Å²) in [4.78, 5) is 37.9. The van der Waals surface area contributed by atoms with Crippen LogP contribution in [0.2, 0.25) is 0 Å². The Balaban J connectivity index is 2.02. The van der Waals surface area contributed by atoms with Gasteiger partial charge in [0.1, 0.15) is 11.7 Å². The average molecular weight is 418 g/mol. The largest absolute Gasteiger partial charge is 0.324 e. The molecule has 0 saturated carbocycles. The second kappa shape index (κ2) is 9.38. The van der Waals surface area contributed by atoms with Gasteiger partial charge in [-0.3, -0.25) is 14.4 Å². The number of rotatable bonds is 6. The van der Waals surface area contributed by atoms with E-state index in [1.54, 1.807) is 13.8 Å². The van der Waals surface area contributed by atoms with Crippen LogP contribution in [-0.2, 0) is 9.59 Å². The highest BCUT2D eigenvalue weighted by atomic mass is 16.2. The van der Waals surface area contributed by atoms with Gasteiger partial charge in [-0.25, -0.2) is 4.68 Å². The van der Waals surface area contributed by atoms with Gasteiger partial charge in [-0.1, -0.05) is 49.4 Å². The number of hydrogen-bond acceptors (Lipinski definition) is 4. The van der Waals surface area contributed by atoms with Gasteiger partial charge in [0.2, 0.25) is 11.8 Å². The SMILES string of the molecule is CCC(=O)Nc1cc(-c2ccccc2)nn(C(C)C(=O)Nc2cc(C)ccc2C)c1=O. The molecule has 2 aromatic carbocycles. The molecule has 3 aromatic rings. The summed E-state index contributed by atoms with van der Waals surface area (Å²) in [5.41, 5.74) is 3.42. The Morgan fingerprint density at radius 2 is 1.71 bits per heavy atom. The first kappa shape index (κ1) is 22.0. The summed E-state index contributed by atoms with van der Waals surface area (Å²) in [6, 6.07) is 15.7. The van der Waals surface area contributed by atoms with Crippen LogP contribution in [0, 0.1) is 13.8 Å². The minimum absolute atomic E-state index is 0.0899. The lowest BCUT2D eigenvalue weighted by molar-refractivity contribution is -0.119. The lowest BCUT2D eigenvalue weighted by atomic mass is 10.1. The van der Waals surface area contributed by atoms with Crippen molar-refractivity contribution < 1.29 is 9.59 Å². The van der Waals surface area contributed by atoms with Gasteiger partial charge in [0, 0.05) is 17.7 Å². The standard InChI is InChI=1S/C24H26N4O3/c1-5-22(29)25-21-14-20(18-9-7-6-8-10-18)27-28(24(21)31)17(4)23(30)26-19-13-15(2)11-12-16(19)3/h6-14,17H,5H2,1-4H3,(H,25,29)(H,26,30). The third-order valence-electron chi connectivity index (χ3n) is 5.00. The molecule has 0 bridgehead atoms. The molecule has 1 aromatic heterocycles. The molecule has 1 heterocycles. The van der Waals surface area contributed by atoms with Crippen LogP contribution in [0.15, 0.2) is 59.4 Å². The molecule has 0 aliphatic carbocycles. The van der Waals surface area contributed by atoms with E-state index >= 15 is 0 Å². The molecule has 31 heavy (non-hydrogen) atoms. The number of carbonyl (C=O) groups is 2. The second-order valence-electron chi connectivity index (χ2n) is 7.44. The monoisotopic (exact) mass is 418 g/mol. The molecule has 0 aliphatic heterocycles. The fraction of sp³-hybridized carbons (Fsp3) is 0.250. The molecule has 0 aliphatic rings. The molecule has 7 nitrogen and oxygen atoms in total. The van der Waals surface area contributed by atoms with Crippen molar-refractivity contribution >= 4 is 23.2 Å². The van der Waals surface area contributed by atoms with Crippen LogP contribution < -0.4 is 16.2 Å². The molecule has 1 unspecified atom stereocenters. The summed E-state index contributed by atoms with van der Waals surface area (Å²) < 4.78 is 1.12. The highest BCUT2D eigenvalue weighted by Crippen LogP contribution is 2.21. The summed E-state index contributed by atoms with van der Waals surface area (Å²) in [6.07, 6.45) is 0.227. The fourth-order valence-electron chi connectivity index (χ4n) is 3.07. The first-order valence-electron chi connectivity index (χ1n) is 10.2. The van der Waals surface area contributed by atoms with Crippen LogP contribution in [0.3, 0.4) is 0 Å². The van der Waals surface area contributed by atoms with E-state index in [9.17, 15) is 14.4 Å². The van der Waals surface area contributed by atoms with Crippen LogP contribution in [-0.4, -0.2) is 21.6 Å². The van der Waals surface area contributed by atoms with Crippen molar-refractivity contribution in [2.45, 2.75) is 40.2 Å². The smallest absolute Gasteiger partial charge is 0.291 e. The van der Waals surface area contributed by atoms with Gasteiger partial charge in [-0.05, 0) is 44.0 Å². The molecule has 0 saturated heterocycles. The van der Waals surface area contributed by atoms with Crippen molar-refractivity contribution in [3.8, 4) is 11.3 Å². The lowest BCUT2D eigenvalue weighted by Crippen LogP contribution is -2.35. The third kappa shape index (κ3) is 5.06. The molecule has 3 rings (SSSR count).